The van der Waals surface area contributed by atoms with Gasteiger partial charge in [-0.15, -0.1) is 0 Å². The summed E-state index contributed by atoms with van der Waals surface area (Å²) in [5.74, 6) is -0.0597. The predicted octanol–water partition coefficient (Wildman–Crippen LogP) is 6.08. The SMILES string of the molecule is CN=C/C(=C(/OCOC(=O)c1ccccc1)c1c(Cl)c(C)nn1C)c1ccc(C(C)(C)C)cc1. The lowest BCUT2D eigenvalue weighted by molar-refractivity contribution is 0.00664. The summed E-state index contributed by atoms with van der Waals surface area (Å²) in [7, 11) is 3.48. The molecule has 0 unspecified atom stereocenters. The van der Waals surface area contributed by atoms with Gasteiger partial charge in [-0.25, -0.2) is 4.79 Å². The van der Waals surface area contributed by atoms with Gasteiger partial charge in [-0.2, -0.15) is 5.10 Å². The van der Waals surface area contributed by atoms with Crippen molar-refractivity contribution in [3.63, 3.8) is 0 Å². The minimum Gasteiger partial charge on any atom is -0.454 e. The second-order valence-electron chi connectivity index (χ2n) is 8.89. The molecule has 0 saturated carbocycles. The molecule has 3 rings (SSSR count). The van der Waals surface area contributed by atoms with Crippen molar-refractivity contribution in [1.29, 1.82) is 0 Å². The maximum atomic E-state index is 12.4. The third-order valence-corrected chi connectivity index (χ3v) is 5.78. The molecule has 0 N–H and O–H groups in total. The summed E-state index contributed by atoms with van der Waals surface area (Å²) < 4.78 is 13.1. The fourth-order valence-corrected chi connectivity index (χ4v) is 3.74. The molecule has 0 spiro atoms. The zero-order chi connectivity index (χ0) is 24.9. The summed E-state index contributed by atoms with van der Waals surface area (Å²) in [4.78, 5) is 16.7. The van der Waals surface area contributed by atoms with E-state index in [2.05, 4.69) is 43.0 Å². The number of aliphatic imine (C=N–C) groups is 1. The van der Waals surface area contributed by atoms with Gasteiger partial charge in [0.15, 0.2) is 5.76 Å². The third-order valence-electron chi connectivity index (χ3n) is 5.33. The number of aryl methyl sites for hydroxylation is 2. The van der Waals surface area contributed by atoms with Crippen LogP contribution in [0, 0.1) is 6.92 Å². The Morgan fingerprint density at radius 3 is 2.24 bits per heavy atom. The molecule has 0 aliphatic heterocycles. The van der Waals surface area contributed by atoms with E-state index in [1.807, 2.05) is 25.1 Å². The number of hydrogen-bond donors (Lipinski definition) is 0. The van der Waals surface area contributed by atoms with Gasteiger partial charge in [0.05, 0.1) is 16.3 Å². The zero-order valence-electron chi connectivity index (χ0n) is 20.4. The monoisotopic (exact) mass is 479 g/mol. The first-order valence-electron chi connectivity index (χ1n) is 10.9. The van der Waals surface area contributed by atoms with Crippen molar-refractivity contribution in [2.24, 2.45) is 12.0 Å². The van der Waals surface area contributed by atoms with Gasteiger partial charge < -0.3 is 9.47 Å². The number of carbonyl (C=O) groups is 1. The maximum Gasteiger partial charge on any atom is 0.340 e. The number of halogens is 1. The summed E-state index contributed by atoms with van der Waals surface area (Å²) in [5, 5.41) is 4.88. The fourth-order valence-electron chi connectivity index (χ4n) is 3.50. The average Bonchev–Trinajstić information content (AvgIpc) is 3.06. The summed E-state index contributed by atoms with van der Waals surface area (Å²) >= 11 is 6.61. The number of rotatable bonds is 7. The van der Waals surface area contributed by atoms with Crippen LogP contribution in [-0.2, 0) is 21.9 Å². The highest BCUT2D eigenvalue weighted by molar-refractivity contribution is 6.33. The number of hydrogen-bond acceptors (Lipinski definition) is 5. The van der Waals surface area contributed by atoms with Crippen LogP contribution in [0.5, 0.6) is 0 Å². The quantitative estimate of drug-likeness (QED) is 0.178. The molecule has 0 amide bonds. The van der Waals surface area contributed by atoms with Crippen molar-refractivity contribution in [1.82, 2.24) is 9.78 Å². The van der Waals surface area contributed by atoms with Crippen molar-refractivity contribution in [3.8, 4) is 0 Å². The molecule has 2 aromatic carbocycles. The molecule has 178 valence electrons. The molecular formula is C27H30ClN3O3. The maximum absolute atomic E-state index is 12.4. The average molecular weight is 480 g/mol. The number of esters is 1. The molecule has 6 nitrogen and oxygen atoms in total. The van der Waals surface area contributed by atoms with E-state index in [0.717, 1.165) is 5.56 Å². The Labute approximate surface area is 205 Å². The summed E-state index contributed by atoms with van der Waals surface area (Å²) in [6, 6.07) is 17.0. The van der Waals surface area contributed by atoms with Crippen molar-refractivity contribution in [2.45, 2.75) is 33.1 Å². The van der Waals surface area contributed by atoms with E-state index in [-0.39, 0.29) is 12.2 Å². The van der Waals surface area contributed by atoms with E-state index >= 15 is 0 Å². The summed E-state index contributed by atoms with van der Waals surface area (Å²) in [6.07, 6.45) is 1.71. The van der Waals surface area contributed by atoms with Crippen molar-refractivity contribution < 1.29 is 14.3 Å². The lowest BCUT2D eigenvalue weighted by Gasteiger charge is -2.20. The van der Waals surface area contributed by atoms with Crippen LogP contribution in [0.2, 0.25) is 5.02 Å². The van der Waals surface area contributed by atoms with Gasteiger partial charge in [-0.3, -0.25) is 9.67 Å². The molecule has 0 fully saturated rings. The minimum atomic E-state index is -0.479. The number of benzene rings is 2. The van der Waals surface area contributed by atoms with E-state index < -0.39 is 5.97 Å². The first kappa shape index (κ1) is 25.2. The standard InChI is InChI=1S/C27H30ClN3O3/c1-18-23(28)24(31(6)30-18)25(33-17-34-26(32)20-10-8-7-9-11-20)22(16-29-5)19-12-14-21(15-13-19)27(2,3)4/h7-16H,17H2,1-6H3/b25-22-,29-16?. The summed E-state index contributed by atoms with van der Waals surface area (Å²) in [5.41, 5.74) is 4.50. The molecule has 1 aromatic heterocycles. The van der Waals surface area contributed by atoms with Crippen LogP contribution in [0.25, 0.3) is 11.3 Å². The Morgan fingerprint density at radius 1 is 1.06 bits per heavy atom. The number of nitrogens with zero attached hydrogens (tertiary/aromatic N) is 3. The third kappa shape index (κ3) is 5.75. The van der Waals surface area contributed by atoms with Gasteiger partial charge >= 0.3 is 5.97 Å². The highest BCUT2D eigenvalue weighted by atomic mass is 35.5. The molecule has 0 bridgehead atoms. The molecule has 1 heterocycles. The van der Waals surface area contributed by atoms with Gasteiger partial charge in [-0.1, -0.05) is 74.8 Å². The van der Waals surface area contributed by atoms with Crippen LogP contribution in [-0.4, -0.2) is 35.8 Å². The zero-order valence-corrected chi connectivity index (χ0v) is 21.2. The molecule has 0 aliphatic carbocycles. The Bertz CT molecular complexity index is 1200. The normalized spacial score (nSPS) is 12.6. The van der Waals surface area contributed by atoms with Crippen molar-refractivity contribution in [2.75, 3.05) is 13.8 Å². The first-order valence-corrected chi connectivity index (χ1v) is 11.3. The molecule has 0 atom stereocenters. The van der Waals surface area contributed by atoms with Gasteiger partial charge in [0, 0.05) is 25.9 Å². The van der Waals surface area contributed by atoms with Crippen molar-refractivity contribution >= 4 is 35.1 Å². The molecule has 0 saturated heterocycles. The minimum absolute atomic E-state index is 0.0225. The van der Waals surface area contributed by atoms with Gasteiger partial charge in [-0.05, 0) is 35.6 Å². The lowest BCUT2D eigenvalue weighted by atomic mass is 9.86. The van der Waals surface area contributed by atoms with Crippen LogP contribution < -0.4 is 0 Å². The fraction of sp³-hybridized carbons (Fsp3) is 0.296. The van der Waals surface area contributed by atoms with E-state index in [0.29, 0.717) is 33.3 Å². The largest absolute Gasteiger partial charge is 0.454 e. The molecule has 7 heteroatoms. The Kier molecular flexibility index (Phi) is 7.94. The van der Waals surface area contributed by atoms with E-state index in [9.17, 15) is 4.79 Å². The Balaban J connectivity index is 2.03. The topological polar surface area (TPSA) is 65.7 Å². The van der Waals surface area contributed by atoms with Gasteiger partial charge in [0.1, 0.15) is 5.69 Å². The molecule has 0 aliphatic rings. The highest BCUT2D eigenvalue weighted by Gasteiger charge is 2.23. The summed E-state index contributed by atoms with van der Waals surface area (Å²) in [6.45, 7) is 8.02. The lowest BCUT2D eigenvalue weighted by Crippen LogP contribution is -2.12. The van der Waals surface area contributed by atoms with E-state index in [1.165, 1.54) is 5.56 Å². The second-order valence-corrected chi connectivity index (χ2v) is 9.27. The smallest absolute Gasteiger partial charge is 0.340 e. The number of carbonyl (C=O) groups excluding carboxylic acids is 1. The van der Waals surface area contributed by atoms with E-state index in [1.54, 1.807) is 49.3 Å². The van der Waals surface area contributed by atoms with Gasteiger partial charge in [0.2, 0.25) is 6.79 Å². The first-order chi connectivity index (χ1) is 16.1. The molecular weight excluding hydrogens is 450 g/mol. The van der Waals surface area contributed by atoms with Crippen LogP contribution in [0.1, 0.15) is 53.6 Å². The van der Waals surface area contributed by atoms with Gasteiger partial charge in [0.25, 0.3) is 0 Å². The molecule has 0 radical (unpaired) electrons. The van der Waals surface area contributed by atoms with Crippen LogP contribution in [0.15, 0.2) is 59.6 Å². The van der Waals surface area contributed by atoms with E-state index in [4.69, 9.17) is 21.1 Å². The number of ether oxygens (including phenoxy) is 2. The Hall–Kier alpha value is -3.38. The predicted molar refractivity (Wildman–Crippen MR) is 137 cm³/mol. The number of allylic oxidation sites excluding steroid dienone is 1. The molecule has 34 heavy (non-hydrogen) atoms. The van der Waals surface area contributed by atoms with Crippen LogP contribution >= 0.6 is 11.6 Å². The molecule has 3 aromatic rings. The second kappa shape index (κ2) is 10.7. The van der Waals surface area contributed by atoms with Crippen LogP contribution in [0.4, 0.5) is 0 Å². The van der Waals surface area contributed by atoms with Crippen molar-refractivity contribution in [3.05, 3.63) is 87.7 Å². The highest BCUT2D eigenvalue weighted by Crippen LogP contribution is 2.33. The Morgan fingerprint density at radius 2 is 1.71 bits per heavy atom. The van der Waals surface area contributed by atoms with Crippen LogP contribution in [0.3, 0.4) is 0 Å². The number of aromatic nitrogens is 2.